The molecule has 0 atom stereocenters. The largest absolute Gasteiger partial charge is 0.325 e. The fourth-order valence-electron chi connectivity index (χ4n) is 2.38. The van der Waals surface area contributed by atoms with Gasteiger partial charge in [-0.3, -0.25) is 4.98 Å². The summed E-state index contributed by atoms with van der Waals surface area (Å²) in [5.41, 5.74) is 8.88. The van der Waals surface area contributed by atoms with Crippen molar-refractivity contribution in [2.24, 2.45) is 5.73 Å². The van der Waals surface area contributed by atoms with Gasteiger partial charge in [0.25, 0.3) is 0 Å². The van der Waals surface area contributed by atoms with Crippen molar-refractivity contribution in [3.8, 4) is 0 Å². The van der Waals surface area contributed by atoms with Crippen molar-refractivity contribution in [1.29, 1.82) is 0 Å². The third-order valence-electron chi connectivity index (χ3n) is 3.09. The van der Waals surface area contributed by atoms with Gasteiger partial charge < -0.3 is 5.73 Å². The van der Waals surface area contributed by atoms with Crippen LogP contribution in [0.1, 0.15) is 36.8 Å². The van der Waals surface area contributed by atoms with Crippen LogP contribution in [0.2, 0.25) is 0 Å². The van der Waals surface area contributed by atoms with Crippen LogP contribution in [-0.4, -0.2) is 10.5 Å². The Bertz CT molecular complexity index is 314. The van der Waals surface area contributed by atoms with E-state index in [1.54, 1.807) is 0 Å². The summed E-state index contributed by atoms with van der Waals surface area (Å²) >= 11 is 0. The molecule has 14 heavy (non-hydrogen) atoms. The molecule has 1 heterocycles. The maximum atomic E-state index is 6.31. The molecule has 1 aromatic rings. The Morgan fingerprint density at radius 3 is 2.71 bits per heavy atom. The Labute approximate surface area is 85.5 Å². The van der Waals surface area contributed by atoms with Gasteiger partial charge in [0.05, 0.1) is 0 Å². The van der Waals surface area contributed by atoms with Crippen molar-refractivity contribution in [3.63, 3.8) is 0 Å². The molecular weight excluding hydrogens is 172 g/mol. The Hall–Kier alpha value is -0.890. The van der Waals surface area contributed by atoms with Crippen molar-refractivity contribution in [2.45, 2.75) is 44.6 Å². The Morgan fingerprint density at radius 1 is 1.36 bits per heavy atom. The van der Waals surface area contributed by atoms with Crippen LogP contribution in [0.15, 0.2) is 18.5 Å². The maximum absolute atomic E-state index is 6.31. The topological polar surface area (TPSA) is 38.9 Å². The molecule has 1 saturated carbocycles. The summed E-state index contributed by atoms with van der Waals surface area (Å²) in [6.07, 6.45) is 9.73. The molecule has 1 fully saturated rings. The molecule has 0 saturated heterocycles. The van der Waals surface area contributed by atoms with Crippen LogP contribution in [-0.2, 0) is 6.42 Å². The van der Waals surface area contributed by atoms with Crippen molar-refractivity contribution < 1.29 is 0 Å². The van der Waals surface area contributed by atoms with E-state index < -0.39 is 0 Å². The minimum Gasteiger partial charge on any atom is -0.325 e. The molecule has 2 nitrogen and oxygen atoms in total. The maximum Gasteiger partial charge on any atom is 0.0300 e. The van der Waals surface area contributed by atoms with E-state index >= 15 is 0 Å². The highest BCUT2D eigenvalue weighted by Gasteiger charge is 2.29. The minimum absolute atomic E-state index is 0.0511. The Kier molecular flexibility index (Phi) is 2.55. The van der Waals surface area contributed by atoms with Gasteiger partial charge in [-0.25, -0.2) is 0 Å². The highest BCUT2D eigenvalue weighted by atomic mass is 14.8. The van der Waals surface area contributed by atoms with Crippen LogP contribution in [0.5, 0.6) is 0 Å². The monoisotopic (exact) mass is 190 g/mol. The first-order valence-electron chi connectivity index (χ1n) is 5.37. The third-order valence-corrected chi connectivity index (χ3v) is 3.09. The van der Waals surface area contributed by atoms with E-state index in [0.717, 1.165) is 6.42 Å². The molecule has 0 aromatic carbocycles. The normalized spacial score (nSPS) is 19.9. The van der Waals surface area contributed by atoms with E-state index in [-0.39, 0.29) is 5.54 Å². The quantitative estimate of drug-likeness (QED) is 0.776. The van der Waals surface area contributed by atoms with Gasteiger partial charge in [-0.15, -0.1) is 0 Å². The van der Waals surface area contributed by atoms with Crippen LogP contribution in [0.3, 0.4) is 0 Å². The molecule has 1 aliphatic carbocycles. The van der Waals surface area contributed by atoms with E-state index in [9.17, 15) is 0 Å². The summed E-state index contributed by atoms with van der Waals surface area (Å²) in [6.45, 7) is 2.08. The van der Waals surface area contributed by atoms with Gasteiger partial charge in [0.15, 0.2) is 0 Å². The summed E-state index contributed by atoms with van der Waals surface area (Å²) in [5.74, 6) is 0. The van der Waals surface area contributed by atoms with Gasteiger partial charge in [-0.2, -0.15) is 0 Å². The van der Waals surface area contributed by atoms with Crippen LogP contribution in [0.25, 0.3) is 0 Å². The molecule has 2 rings (SSSR count). The van der Waals surface area contributed by atoms with Crippen LogP contribution in [0.4, 0.5) is 0 Å². The van der Waals surface area contributed by atoms with Gasteiger partial charge in [0.2, 0.25) is 0 Å². The van der Waals surface area contributed by atoms with Gasteiger partial charge in [-0.1, -0.05) is 18.9 Å². The summed E-state index contributed by atoms with van der Waals surface area (Å²) in [6, 6.07) is 2.19. The molecule has 2 heteroatoms. The number of pyridine rings is 1. The van der Waals surface area contributed by atoms with E-state index in [1.807, 2.05) is 12.4 Å². The highest BCUT2D eigenvalue weighted by molar-refractivity contribution is 5.19. The molecular formula is C12H18N2. The SMILES string of the molecule is Cc1cncc(CC2(N)CCCC2)c1. The second kappa shape index (κ2) is 3.70. The lowest BCUT2D eigenvalue weighted by atomic mass is 9.91. The lowest BCUT2D eigenvalue weighted by Gasteiger charge is -2.23. The average Bonchev–Trinajstić information content (AvgIpc) is 2.51. The summed E-state index contributed by atoms with van der Waals surface area (Å²) < 4.78 is 0. The molecule has 0 amide bonds. The van der Waals surface area contributed by atoms with Crippen molar-refractivity contribution in [3.05, 3.63) is 29.6 Å². The fourth-order valence-corrected chi connectivity index (χ4v) is 2.38. The molecule has 0 bridgehead atoms. The number of nitrogens with two attached hydrogens (primary N) is 1. The number of nitrogens with zero attached hydrogens (tertiary/aromatic N) is 1. The number of aryl methyl sites for hydroxylation is 1. The van der Waals surface area contributed by atoms with Gasteiger partial charge in [0.1, 0.15) is 0 Å². The van der Waals surface area contributed by atoms with Crippen LogP contribution >= 0.6 is 0 Å². The van der Waals surface area contributed by atoms with Crippen molar-refractivity contribution in [1.82, 2.24) is 4.98 Å². The van der Waals surface area contributed by atoms with Gasteiger partial charge in [0, 0.05) is 17.9 Å². The van der Waals surface area contributed by atoms with E-state index in [2.05, 4.69) is 18.0 Å². The highest BCUT2D eigenvalue weighted by Crippen LogP contribution is 2.30. The molecule has 0 unspecified atom stereocenters. The Morgan fingerprint density at radius 2 is 2.07 bits per heavy atom. The Balaban J connectivity index is 2.10. The summed E-state index contributed by atoms with van der Waals surface area (Å²) in [4.78, 5) is 4.20. The number of rotatable bonds is 2. The molecule has 0 aliphatic heterocycles. The lowest BCUT2D eigenvalue weighted by molar-refractivity contribution is 0.436. The van der Waals surface area contributed by atoms with E-state index in [4.69, 9.17) is 5.73 Å². The molecule has 1 aromatic heterocycles. The zero-order valence-electron chi connectivity index (χ0n) is 8.79. The average molecular weight is 190 g/mol. The summed E-state index contributed by atoms with van der Waals surface area (Å²) in [5, 5.41) is 0. The molecule has 76 valence electrons. The zero-order valence-corrected chi connectivity index (χ0v) is 8.79. The number of hydrogen-bond donors (Lipinski definition) is 1. The third kappa shape index (κ3) is 2.13. The molecule has 1 aliphatic rings. The van der Waals surface area contributed by atoms with Crippen molar-refractivity contribution >= 4 is 0 Å². The molecule has 0 radical (unpaired) electrons. The molecule has 2 N–H and O–H groups in total. The number of hydrogen-bond acceptors (Lipinski definition) is 2. The first-order valence-corrected chi connectivity index (χ1v) is 5.37. The molecule has 0 spiro atoms. The van der Waals surface area contributed by atoms with Crippen LogP contribution < -0.4 is 5.73 Å². The first-order chi connectivity index (χ1) is 6.68. The van der Waals surface area contributed by atoms with E-state index in [0.29, 0.717) is 0 Å². The van der Waals surface area contributed by atoms with E-state index in [1.165, 1.54) is 36.8 Å². The van der Waals surface area contributed by atoms with Gasteiger partial charge in [-0.05, 0) is 37.3 Å². The number of aromatic nitrogens is 1. The predicted octanol–water partition coefficient (Wildman–Crippen LogP) is 2.20. The van der Waals surface area contributed by atoms with Crippen molar-refractivity contribution in [2.75, 3.05) is 0 Å². The smallest absolute Gasteiger partial charge is 0.0300 e. The lowest BCUT2D eigenvalue weighted by Crippen LogP contribution is -2.38. The predicted molar refractivity (Wildman–Crippen MR) is 58.1 cm³/mol. The second-order valence-electron chi connectivity index (χ2n) is 4.62. The van der Waals surface area contributed by atoms with Crippen LogP contribution in [0, 0.1) is 6.92 Å². The minimum atomic E-state index is 0.0511. The fraction of sp³-hybridized carbons (Fsp3) is 0.583. The first kappa shape index (κ1) is 9.66. The summed E-state index contributed by atoms with van der Waals surface area (Å²) in [7, 11) is 0. The van der Waals surface area contributed by atoms with Gasteiger partial charge >= 0.3 is 0 Å². The second-order valence-corrected chi connectivity index (χ2v) is 4.62. The zero-order chi connectivity index (χ0) is 10.0. The standard InChI is InChI=1S/C12H18N2/c1-10-6-11(9-14-8-10)7-12(13)4-2-3-5-12/h6,8-9H,2-5,7,13H2,1H3.